The van der Waals surface area contributed by atoms with Crippen LogP contribution in [0.1, 0.15) is 22.6 Å². The number of rotatable bonds is 1. The van der Waals surface area contributed by atoms with Gasteiger partial charge in [0.15, 0.2) is 5.76 Å². The van der Waals surface area contributed by atoms with E-state index in [1.54, 1.807) is 11.3 Å². The number of benzene rings is 1. The molecule has 0 bridgehead atoms. The van der Waals surface area contributed by atoms with E-state index >= 15 is 0 Å². The number of nitrogens with zero attached hydrogens (tertiary/aromatic N) is 2. The van der Waals surface area contributed by atoms with Gasteiger partial charge < -0.3 is 4.52 Å². The van der Waals surface area contributed by atoms with Crippen molar-refractivity contribution in [2.24, 2.45) is 4.99 Å². The minimum atomic E-state index is 0.507. The lowest BCUT2D eigenvalue weighted by molar-refractivity contribution is 0.382. The predicted octanol–water partition coefficient (Wildman–Crippen LogP) is 4.72. The SMILES string of the molecule is Cc1noc2c1-c1cscc1C(c1ccc(Cl)cc1)=NC2. The highest BCUT2D eigenvalue weighted by atomic mass is 35.5. The third kappa shape index (κ3) is 2.03. The molecular weight excluding hydrogens is 304 g/mol. The summed E-state index contributed by atoms with van der Waals surface area (Å²) in [6, 6.07) is 7.78. The van der Waals surface area contributed by atoms with Crippen LogP contribution in [0, 0.1) is 6.92 Å². The molecule has 21 heavy (non-hydrogen) atoms. The van der Waals surface area contributed by atoms with Gasteiger partial charge in [0.05, 0.1) is 17.0 Å². The first kappa shape index (κ1) is 12.8. The summed E-state index contributed by atoms with van der Waals surface area (Å²) >= 11 is 7.64. The molecule has 0 N–H and O–H groups in total. The van der Waals surface area contributed by atoms with Gasteiger partial charge in [-0.2, -0.15) is 11.3 Å². The lowest BCUT2D eigenvalue weighted by atomic mass is 9.97. The molecule has 1 aromatic carbocycles. The third-order valence-electron chi connectivity index (χ3n) is 3.62. The van der Waals surface area contributed by atoms with Crippen molar-refractivity contribution in [3.63, 3.8) is 0 Å². The number of aryl methyl sites for hydroxylation is 1. The molecule has 104 valence electrons. The molecule has 0 radical (unpaired) electrons. The molecule has 0 saturated carbocycles. The number of aliphatic imine (C=N–C) groups is 1. The van der Waals surface area contributed by atoms with Crippen LogP contribution in [0.5, 0.6) is 0 Å². The van der Waals surface area contributed by atoms with Crippen LogP contribution in [0.25, 0.3) is 11.1 Å². The Morgan fingerprint density at radius 2 is 1.90 bits per heavy atom. The topological polar surface area (TPSA) is 38.4 Å². The van der Waals surface area contributed by atoms with Crippen LogP contribution in [0.2, 0.25) is 5.02 Å². The molecule has 2 aromatic heterocycles. The Kier molecular flexibility index (Phi) is 2.94. The zero-order valence-electron chi connectivity index (χ0n) is 11.3. The van der Waals surface area contributed by atoms with E-state index in [0.717, 1.165) is 44.4 Å². The zero-order chi connectivity index (χ0) is 14.4. The first-order chi connectivity index (χ1) is 10.2. The maximum atomic E-state index is 5.98. The molecule has 0 saturated heterocycles. The monoisotopic (exact) mass is 314 g/mol. The first-order valence-electron chi connectivity index (χ1n) is 6.56. The van der Waals surface area contributed by atoms with Gasteiger partial charge in [-0.15, -0.1) is 0 Å². The molecule has 4 rings (SSSR count). The number of aromatic nitrogens is 1. The van der Waals surface area contributed by atoms with Crippen LogP contribution in [-0.4, -0.2) is 10.9 Å². The second-order valence-electron chi connectivity index (χ2n) is 4.94. The Hall–Kier alpha value is -1.91. The van der Waals surface area contributed by atoms with Crippen molar-refractivity contribution < 1.29 is 4.52 Å². The van der Waals surface area contributed by atoms with E-state index in [1.807, 2.05) is 31.2 Å². The Balaban J connectivity index is 1.92. The molecule has 3 heterocycles. The minimum absolute atomic E-state index is 0.507. The van der Waals surface area contributed by atoms with Crippen LogP contribution in [0.15, 0.2) is 44.5 Å². The van der Waals surface area contributed by atoms with Gasteiger partial charge >= 0.3 is 0 Å². The Labute approximate surface area is 130 Å². The van der Waals surface area contributed by atoms with Crippen molar-refractivity contribution in [1.29, 1.82) is 0 Å². The second-order valence-corrected chi connectivity index (χ2v) is 6.12. The van der Waals surface area contributed by atoms with Gasteiger partial charge in [-0.25, -0.2) is 0 Å². The minimum Gasteiger partial charge on any atom is -0.358 e. The van der Waals surface area contributed by atoms with Crippen molar-refractivity contribution in [3.8, 4) is 11.1 Å². The van der Waals surface area contributed by atoms with E-state index in [4.69, 9.17) is 21.1 Å². The molecule has 0 atom stereocenters. The van der Waals surface area contributed by atoms with Gasteiger partial charge in [-0.3, -0.25) is 4.99 Å². The summed E-state index contributed by atoms with van der Waals surface area (Å²) in [5, 5.41) is 9.06. The molecule has 1 aliphatic rings. The van der Waals surface area contributed by atoms with Crippen LogP contribution in [-0.2, 0) is 6.54 Å². The average Bonchev–Trinajstić information content (AvgIpc) is 3.05. The Morgan fingerprint density at radius 3 is 2.71 bits per heavy atom. The van der Waals surface area contributed by atoms with E-state index in [2.05, 4.69) is 15.9 Å². The first-order valence-corrected chi connectivity index (χ1v) is 7.88. The van der Waals surface area contributed by atoms with Crippen LogP contribution in [0.4, 0.5) is 0 Å². The fraction of sp³-hybridized carbons (Fsp3) is 0.125. The third-order valence-corrected chi connectivity index (χ3v) is 4.61. The normalized spacial score (nSPS) is 13.3. The number of thiophene rings is 1. The fourth-order valence-electron chi connectivity index (χ4n) is 2.63. The molecular formula is C16H11ClN2OS. The highest BCUT2D eigenvalue weighted by Gasteiger charge is 2.24. The second kappa shape index (κ2) is 4.83. The summed E-state index contributed by atoms with van der Waals surface area (Å²) in [7, 11) is 0. The molecule has 3 nitrogen and oxygen atoms in total. The van der Waals surface area contributed by atoms with Crippen molar-refractivity contribution in [2.45, 2.75) is 13.5 Å². The summed E-state index contributed by atoms with van der Waals surface area (Å²) in [6.45, 7) is 2.48. The number of fused-ring (bicyclic) bond motifs is 3. The fourth-order valence-corrected chi connectivity index (χ4v) is 3.58. The van der Waals surface area contributed by atoms with Crippen LogP contribution >= 0.6 is 22.9 Å². The quantitative estimate of drug-likeness (QED) is 0.652. The Bertz CT molecular complexity index is 846. The van der Waals surface area contributed by atoms with Crippen LogP contribution in [0.3, 0.4) is 0 Å². The van der Waals surface area contributed by atoms with Gasteiger partial charge in [0, 0.05) is 27.1 Å². The summed E-state index contributed by atoms with van der Waals surface area (Å²) in [5.74, 6) is 0.830. The predicted molar refractivity (Wildman–Crippen MR) is 85.3 cm³/mol. The van der Waals surface area contributed by atoms with Gasteiger partial charge in [0.25, 0.3) is 0 Å². The molecule has 5 heteroatoms. The molecule has 0 fully saturated rings. The standard InChI is InChI=1S/C16H11ClN2OS/c1-9-15-12-7-21-8-13(12)16(18-6-14(15)20-19-9)10-2-4-11(17)5-3-10/h2-5,7-8H,6H2,1H3. The van der Waals surface area contributed by atoms with Crippen molar-refractivity contribution in [1.82, 2.24) is 5.16 Å². The highest BCUT2D eigenvalue weighted by Crippen LogP contribution is 2.37. The van der Waals surface area contributed by atoms with E-state index in [9.17, 15) is 0 Å². The molecule has 0 unspecified atom stereocenters. The zero-order valence-corrected chi connectivity index (χ0v) is 12.8. The van der Waals surface area contributed by atoms with E-state index in [0.29, 0.717) is 6.54 Å². The molecule has 0 spiro atoms. The van der Waals surface area contributed by atoms with Crippen LogP contribution < -0.4 is 0 Å². The van der Waals surface area contributed by atoms with E-state index in [1.165, 1.54) is 0 Å². The molecule has 0 aliphatic carbocycles. The van der Waals surface area contributed by atoms with Gasteiger partial charge in [0.2, 0.25) is 0 Å². The molecule has 0 amide bonds. The Morgan fingerprint density at radius 1 is 1.14 bits per heavy atom. The van der Waals surface area contributed by atoms with Crippen molar-refractivity contribution in [2.75, 3.05) is 0 Å². The summed E-state index contributed by atoms with van der Waals surface area (Å²) in [6.07, 6.45) is 0. The van der Waals surface area contributed by atoms with Gasteiger partial charge in [-0.1, -0.05) is 28.9 Å². The number of hydrogen-bond donors (Lipinski definition) is 0. The maximum absolute atomic E-state index is 5.98. The van der Waals surface area contributed by atoms with Crippen molar-refractivity contribution >= 4 is 28.6 Å². The molecule has 3 aromatic rings. The van der Waals surface area contributed by atoms with E-state index in [-0.39, 0.29) is 0 Å². The number of halogens is 1. The average molecular weight is 315 g/mol. The lowest BCUT2D eigenvalue weighted by Crippen LogP contribution is -2.02. The van der Waals surface area contributed by atoms with Gasteiger partial charge in [-0.05, 0) is 24.4 Å². The summed E-state index contributed by atoms with van der Waals surface area (Å²) in [4.78, 5) is 4.74. The molecule has 1 aliphatic heterocycles. The smallest absolute Gasteiger partial charge is 0.166 e. The highest BCUT2D eigenvalue weighted by molar-refractivity contribution is 7.08. The lowest BCUT2D eigenvalue weighted by Gasteiger charge is -2.06. The summed E-state index contributed by atoms with van der Waals surface area (Å²) < 4.78 is 5.42. The number of hydrogen-bond acceptors (Lipinski definition) is 4. The van der Waals surface area contributed by atoms with Crippen molar-refractivity contribution in [3.05, 3.63) is 62.6 Å². The van der Waals surface area contributed by atoms with Gasteiger partial charge in [0.1, 0.15) is 6.54 Å². The van der Waals surface area contributed by atoms with E-state index < -0.39 is 0 Å². The summed E-state index contributed by atoms with van der Waals surface area (Å²) in [5.41, 5.74) is 6.33. The maximum Gasteiger partial charge on any atom is 0.166 e. The largest absolute Gasteiger partial charge is 0.358 e.